The van der Waals surface area contributed by atoms with Gasteiger partial charge in [0.25, 0.3) is 0 Å². The second kappa shape index (κ2) is 5.71. The minimum Gasteiger partial charge on any atom is -0.395 e. The lowest BCUT2D eigenvalue weighted by Crippen LogP contribution is -2.42. The first-order chi connectivity index (χ1) is 10.1. The molecule has 0 radical (unpaired) electrons. The van der Waals surface area contributed by atoms with E-state index in [9.17, 15) is 0 Å². The molecule has 3 rings (SSSR count). The van der Waals surface area contributed by atoms with Gasteiger partial charge in [-0.3, -0.25) is 0 Å². The minimum atomic E-state index is 0.281. The average molecular weight is 288 g/mol. The molecular weight excluding hydrogens is 260 g/mol. The van der Waals surface area contributed by atoms with Crippen molar-refractivity contribution in [3.05, 3.63) is 34.9 Å². The molecule has 1 fully saturated rings. The van der Waals surface area contributed by atoms with Crippen LogP contribution in [-0.2, 0) is 5.41 Å². The zero-order valence-electron chi connectivity index (χ0n) is 13.6. The highest BCUT2D eigenvalue weighted by atomic mass is 16.3. The van der Waals surface area contributed by atoms with E-state index in [1.54, 1.807) is 11.1 Å². The van der Waals surface area contributed by atoms with Gasteiger partial charge >= 0.3 is 0 Å². The van der Waals surface area contributed by atoms with E-state index in [2.05, 4.69) is 49.0 Å². The first-order valence-electron chi connectivity index (χ1n) is 8.16. The molecule has 1 N–H and O–H groups in total. The Hall–Kier alpha value is -0.900. The number of aliphatic hydroxyl groups is 1. The standard InChI is InChI=1S/C18H28N2O/c1-14-4-5-16-15(12-14)17(19(2)3)13-18(16)6-8-20(9-7-18)10-11-21/h4-5,12,17,21H,6-11,13H2,1-3H3/t17-/m1/s1. The number of piperidine rings is 1. The van der Waals surface area contributed by atoms with Crippen LogP contribution in [0.2, 0.25) is 0 Å². The van der Waals surface area contributed by atoms with Gasteiger partial charge in [0.1, 0.15) is 0 Å². The lowest BCUT2D eigenvalue weighted by molar-refractivity contribution is 0.119. The fraction of sp³-hybridized carbons (Fsp3) is 0.667. The molecule has 1 aliphatic heterocycles. The van der Waals surface area contributed by atoms with E-state index in [0.717, 1.165) is 19.6 Å². The van der Waals surface area contributed by atoms with Gasteiger partial charge in [0, 0.05) is 12.6 Å². The smallest absolute Gasteiger partial charge is 0.0558 e. The number of likely N-dealkylation sites (tertiary alicyclic amines) is 1. The topological polar surface area (TPSA) is 26.7 Å². The zero-order chi connectivity index (χ0) is 15.0. The number of β-amino-alcohol motifs (C(OH)–C–C–N with tert-alkyl or cyclic N) is 1. The highest BCUT2D eigenvalue weighted by Crippen LogP contribution is 2.52. The summed E-state index contributed by atoms with van der Waals surface area (Å²) in [6.45, 7) is 5.54. The fourth-order valence-corrected chi connectivity index (χ4v) is 4.31. The van der Waals surface area contributed by atoms with E-state index in [0.29, 0.717) is 11.5 Å². The third kappa shape index (κ3) is 2.63. The molecule has 0 amide bonds. The Balaban J connectivity index is 1.89. The van der Waals surface area contributed by atoms with Crippen molar-refractivity contribution in [3.63, 3.8) is 0 Å². The van der Waals surface area contributed by atoms with Crippen LogP contribution < -0.4 is 0 Å². The Kier molecular flexibility index (Phi) is 4.08. The van der Waals surface area contributed by atoms with E-state index in [1.165, 1.54) is 24.8 Å². The molecule has 0 unspecified atom stereocenters. The highest BCUT2D eigenvalue weighted by molar-refractivity contribution is 5.44. The zero-order valence-corrected chi connectivity index (χ0v) is 13.6. The Morgan fingerprint density at radius 3 is 2.62 bits per heavy atom. The lowest BCUT2D eigenvalue weighted by atomic mass is 9.73. The van der Waals surface area contributed by atoms with Gasteiger partial charge in [-0.1, -0.05) is 23.8 Å². The van der Waals surface area contributed by atoms with Gasteiger partial charge in [0.15, 0.2) is 0 Å². The second-order valence-corrected chi connectivity index (χ2v) is 7.12. The third-order valence-corrected chi connectivity index (χ3v) is 5.57. The van der Waals surface area contributed by atoms with Crippen molar-refractivity contribution in [2.45, 2.75) is 37.6 Å². The average Bonchev–Trinajstić information content (AvgIpc) is 2.76. The van der Waals surface area contributed by atoms with Crippen molar-refractivity contribution in [1.29, 1.82) is 0 Å². The molecule has 3 nitrogen and oxygen atoms in total. The summed E-state index contributed by atoms with van der Waals surface area (Å²) in [5.74, 6) is 0. The second-order valence-electron chi connectivity index (χ2n) is 7.12. The number of aryl methyl sites for hydroxylation is 1. The first-order valence-corrected chi connectivity index (χ1v) is 8.16. The van der Waals surface area contributed by atoms with E-state index in [-0.39, 0.29) is 6.61 Å². The van der Waals surface area contributed by atoms with Gasteiger partial charge in [-0.25, -0.2) is 0 Å². The monoisotopic (exact) mass is 288 g/mol. The van der Waals surface area contributed by atoms with Gasteiger partial charge in [-0.15, -0.1) is 0 Å². The Bertz CT molecular complexity index is 504. The van der Waals surface area contributed by atoms with Gasteiger partial charge in [0.2, 0.25) is 0 Å². The van der Waals surface area contributed by atoms with E-state index >= 15 is 0 Å². The summed E-state index contributed by atoms with van der Waals surface area (Å²) in [6, 6.07) is 7.62. The maximum Gasteiger partial charge on any atom is 0.0558 e. The van der Waals surface area contributed by atoms with Crippen LogP contribution in [0.4, 0.5) is 0 Å². The molecule has 1 aromatic carbocycles. The number of nitrogens with zero attached hydrogens (tertiary/aromatic N) is 2. The summed E-state index contributed by atoms with van der Waals surface area (Å²) >= 11 is 0. The van der Waals surface area contributed by atoms with Crippen molar-refractivity contribution in [2.75, 3.05) is 40.3 Å². The number of fused-ring (bicyclic) bond motifs is 2. The van der Waals surface area contributed by atoms with Crippen LogP contribution in [0.5, 0.6) is 0 Å². The highest BCUT2D eigenvalue weighted by Gasteiger charge is 2.45. The molecule has 2 aliphatic rings. The minimum absolute atomic E-state index is 0.281. The van der Waals surface area contributed by atoms with Crippen molar-refractivity contribution in [1.82, 2.24) is 9.80 Å². The van der Waals surface area contributed by atoms with E-state index in [1.807, 2.05) is 0 Å². The Labute approximate surface area is 128 Å². The van der Waals surface area contributed by atoms with Gasteiger partial charge in [0.05, 0.1) is 6.61 Å². The van der Waals surface area contributed by atoms with Crippen LogP contribution in [0, 0.1) is 6.92 Å². The lowest BCUT2D eigenvalue weighted by Gasteiger charge is -2.40. The molecule has 21 heavy (non-hydrogen) atoms. The molecule has 116 valence electrons. The summed E-state index contributed by atoms with van der Waals surface area (Å²) in [6.07, 6.45) is 3.71. The van der Waals surface area contributed by atoms with E-state index < -0.39 is 0 Å². The largest absolute Gasteiger partial charge is 0.395 e. The predicted molar refractivity (Wildman–Crippen MR) is 86.7 cm³/mol. The Morgan fingerprint density at radius 1 is 1.29 bits per heavy atom. The molecule has 3 heteroatoms. The predicted octanol–water partition coefficient (Wildman–Crippen LogP) is 2.33. The molecule has 0 aromatic heterocycles. The number of hydrogen-bond donors (Lipinski definition) is 1. The molecule has 0 bridgehead atoms. The maximum atomic E-state index is 9.13. The maximum absolute atomic E-state index is 9.13. The normalized spacial score (nSPS) is 24.7. The van der Waals surface area contributed by atoms with Crippen molar-refractivity contribution in [2.24, 2.45) is 0 Å². The molecule has 0 saturated carbocycles. The van der Waals surface area contributed by atoms with Crippen LogP contribution in [0.1, 0.15) is 42.0 Å². The summed E-state index contributed by atoms with van der Waals surface area (Å²) in [4.78, 5) is 4.79. The molecule has 1 spiro atoms. The van der Waals surface area contributed by atoms with Crippen LogP contribution in [0.3, 0.4) is 0 Å². The molecule has 1 aliphatic carbocycles. The summed E-state index contributed by atoms with van der Waals surface area (Å²) < 4.78 is 0. The third-order valence-electron chi connectivity index (χ3n) is 5.57. The van der Waals surface area contributed by atoms with Crippen molar-refractivity contribution < 1.29 is 5.11 Å². The molecule has 1 aromatic rings. The van der Waals surface area contributed by atoms with Crippen LogP contribution >= 0.6 is 0 Å². The quantitative estimate of drug-likeness (QED) is 0.925. The number of benzene rings is 1. The van der Waals surface area contributed by atoms with E-state index in [4.69, 9.17) is 5.11 Å². The van der Waals surface area contributed by atoms with Gasteiger partial charge in [-0.2, -0.15) is 0 Å². The summed E-state index contributed by atoms with van der Waals surface area (Å²) in [7, 11) is 4.41. The molecule has 1 atom stereocenters. The summed E-state index contributed by atoms with van der Waals surface area (Å²) in [5.41, 5.74) is 4.88. The number of rotatable bonds is 3. The Morgan fingerprint density at radius 2 is 2.00 bits per heavy atom. The molecular formula is C18H28N2O. The first kappa shape index (κ1) is 15.0. The number of aliphatic hydroxyl groups excluding tert-OH is 1. The van der Waals surface area contributed by atoms with Crippen LogP contribution in [-0.4, -0.2) is 55.2 Å². The van der Waals surface area contributed by atoms with Crippen molar-refractivity contribution >= 4 is 0 Å². The number of hydrogen-bond acceptors (Lipinski definition) is 3. The van der Waals surface area contributed by atoms with Crippen LogP contribution in [0.25, 0.3) is 0 Å². The van der Waals surface area contributed by atoms with Gasteiger partial charge in [-0.05, 0) is 69.9 Å². The van der Waals surface area contributed by atoms with Crippen molar-refractivity contribution in [3.8, 4) is 0 Å². The molecule has 1 heterocycles. The van der Waals surface area contributed by atoms with Gasteiger partial charge < -0.3 is 14.9 Å². The molecule has 1 saturated heterocycles. The fourth-order valence-electron chi connectivity index (χ4n) is 4.31. The SMILES string of the molecule is Cc1ccc2c(c1)[C@H](N(C)C)CC21CCN(CCO)CC1. The van der Waals surface area contributed by atoms with Crippen LogP contribution in [0.15, 0.2) is 18.2 Å². The summed E-state index contributed by atoms with van der Waals surface area (Å²) in [5, 5.41) is 9.13.